The maximum Gasteiger partial charge on any atom is 0.466 e. The standard InChI is InChI=1S/C19H25BO5/c1-7-12-23-15-10-8-14(9-11-15)16(13-17(21)22-6)20-24-18(2,3)19(4,5)25-20/h1,8-11,16H,12-13H2,2-6H3. The molecule has 1 aliphatic rings. The first-order chi connectivity index (χ1) is 11.7. The van der Waals surface area contributed by atoms with E-state index >= 15 is 0 Å². The van der Waals surface area contributed by atoms with Crippen molar-refractivity contribution in [1.29, 1.82) is 0 Å². The lowest BCUT2D eigenvalue weighted by Crippen LogP contribution is -2.41. The van der Waals surface area contributed by atoms with Gasteiger partial charge in [-0.3, -0.25) is 4.79 Å². The SMILES string of the molecule is C#CCOc1ccc(C(CC(=O)OC)B2OC(C)(C)C(C)(C)O2)cc1. The molecule has 6 heteroatoms. The number of methoxy groups -OCH3 is 1. The van der Waals surface area contributed by atoms with Gasteiger partial charge in [-0.15, -0.1) is 6.42 Å². The van der Waals surface area contributed by atoms with Crippen LogP contribution in [0.25, 0.3) is 0 Å². The molecule has 134 valence electrons. The molecule has 0 aliphatic carbocycles. The molecular formula is C19H25BO5. The quantitative estimate of drug-likeness (QED) is 0.451. The van der Waals surface area contributed by atoms with Gasteiger partial charge in [-0.1, -0.05) is 18.1 Å². The van der Waals surface area contributed by atoms with Gasteiger partial charge in [0, 0.05) is 5.82 Å². The van der Waals surface area contributed by atoms with Crippen molar-refractivity contribution in [3.05, 3.63) is 29.8 Å². The van der Waals surface area contributed by atoms with Gasteiger partial charge >= 0.3 is 13.1 Å². The maximum atomic E-state index is 11.9. The molecule has 2 rings (SSSR count). The van der Waals surface area contributed by atoms with Crippen LogP contribution in [0.5, 0.6) is 5.75 Å². The maximum absolute atomic E-state index is 11.9. The van der Waals surface area contributed by atoms with Crippen LogP contribution in [0.4, 0.5) is 0 Å². The van der Waals surface area contributed by atoms with E-state index in [1.165, 1.54) is 7.11 Å². The lowest BCUT2D eigenvalue weighted by atomic mass is 9.66. The van der Waals surface area contributed by atoms with Gasteiger partial charge < -0.3 is 18.8 Å². The van der Waals surface area contributed by atoms with E-state index in [1.807, 2.05) is 52.0 Å². The molecule has 1 fully saturated rings. The first-order valence-electron chi connectivity index (χ1n) is 8.29. The number of esters is 1. The van der Waals surface area contributed by atoms with E-state index in [4.69, 9.17) is 25.2 Å². The first-order valence-corrected chi connectivity index (χ1v) is 8.29. The molecule has 0 amide bonds. The van der Waals surface area contributed by atoms with Gasteiger partial charge in [0.15, 0.2) is 0 Å². The van der Waals surface area contributed by atoms with Crippen LogP contribution in [0.1, 0.15) is 45.5 Å². The van der Waals surface area contributed by atoms with Crippen molar-refractivity contribution in [1.82, 2.24) is 0 Å². The van der Waals surface area contributed by atoms with Crippen molar-refractivity contribution in [2.75, 3.05) is 13.7 Å². The molecule has 1 saturated heterocycles. The van der Waals surface area contributed by atoms with Crippen LogP contribution in [-0.4, -0.2) is 38.0 Å². The Morgan fingerprint density at radius 1 is 1.20 bits per heavy atom. The van der Waals surface area contributed by atoms with E-state index in [0.717, 1.165) is 5.56 Å². The highest BCUT2D eigenvalue weighted by Crippen LogP contribution is 2.42. The van der Waals surface area contributed by atoms with Gasteiger partial charge in [-0.2, -0.15) is 0 Å². The smallest absolute Gasteiger partial charge is 0.466 e. The van der Waals surface area contributed by atoms with Crippen LogP contribution in [0, 0.1) is 12.3 Å². The summed E-state index contributed by atoms with van der Waals surface area (Å²) in [4.78, 5) is 11.9. The lowest BCUT2D eigenvalue weighted by molar-refractivity contribution is -0.140. The topological polar surface area (TPSA) is 54.0 Å². The molecule has 0 spiro atoms. The Morgan fingerprint density at radius 3 is 2.24 bits per heavy atom. The van der Waals surface area contributed by atoms with Gasteiger partial charge in [-0.25, -0.2) is 0 Å². The minimum atomic E-state index is -0.540. The number of hydrogen-bond acceptors (Lipinski definition) is 5. The van der Waals surface area contributed by atoms with Crippen LogP contribution in [0.3, 0.4) is 0 Å². The van der Waals surface area contributed by atoms with Crippen LogP contribution >= 0.6 is 0 Å². The Bertz CT molecular complexity index is 629. The van der Waals surface area contributed by atoms with Crippen LogP contribution in [-0.2, 0) is 18.8 Å². The normalized spacial score (nSPS) is 19.1. The zero-order chi connectivity index (χ0) is 18.7. The predicted octanol–water partition coefficient (Wildman–Crippen LogP) is 2.98. The Hall–Kier alpha value is -1.97. The fraction of sp³-hybridized carbons (Fsp3) is 0.526. The lowest BCUT2D eigenvalue weighted by Gasteiger charge is -2.32. The molecule has 25 heavy (non-hydrogen) atoms. The van der Waals surface area contributed by atoms with E-state index in [0.29, 0.717) is 5.75 Å². The summed E-state index contributed by atoms with van der Waals surface area (Å²) in [5.41, 5.74) is -0.0269. The molecule has 1 unspecified atom stereocenters. The summed E-state index contributed by atoms with van der Waals surface area (Å²) < 4.78 is 22.5. The fourth-order valence-corrected chi connectivity index (χ4v) is 2.62. The molecular weight excluding hydrogens is 319 g/mol. The van der Waals surface area contributed by atoms with E-state index in [9.17, 15) is 4.79 Å². The van der Waals surface area contributed by atoms with Crippen molar-refractivity contribution in [2.45, 2.75) is 51.1 Å². The number of rotatable bonds is 6. The van der Waals surface area contributed by atoms with Gasteiger partial charge in [0.25, 0.3) is 0 Å². The summed E-state index contributed by atoms with van der Waals surface area (Å²) in [5, 5.41) is 0. The number of ether oxygens (including phenoxy) is 2. The molecule has 1 aromatic rings. The predicted molar refractivity (Wildman–Crippen MR) is 96.2 cm³/mol. The molecule has 1 atom stereocenters. The number of carbonyl (C=O) groups excluding carboxylic acids is 1. The van der Waals surface area contributed by atoms with Gasteiger partial charge in [0.2, 0.25) is 0 Å². The molecule has 1 aromatic carbocycles. The molecule has 5 nitrogen and oxygen atoms in total. The Labute approximate surface area is 150 Å². The highest BCUT2D eigenvalue weighted by Gasteiger charge is 2.54. The third kappa shape index (κ3) is 4.36. The Balaban J connectivity index is 2.25. The van der Waals surface area contributed by atoms with Crippen molar-refractivity contribution in [2.24, 2.45) is 0 Å². The minimum absolute atomic E-state index is 0.165. The summed E-state index contributed by atoms with van der Waals surface area (Å²) in [6.07, 6.45) is 5.36. The van der Waals surface area contributed by atoms with Crippen molar-refractivity contribution in [3.8, 4) is 18.1 Å². The van der Waals surface area contributed by atoms with Gasteiger partial charge in [0.05, 0.1) is 24.7 Å². The van der Waals surface area contributed by atoms with Gasteiger partial charge in [-0.05, 0) is 45.4 Å². The van der Waals surface area contributed by atoms with Crippen molar-refractivity contribution < 1.29 is 23.6 Å². The summed E-state index contributed by atoms with van der Waals surface area (Å²) >= 11 is 0. The summed E-state index contributed by atoms with van der Waals surface area (Å²) in [7, 11) is 0.835. The van der Waals surface area contributed by atoms with Crippen molar-refractivity contribution >= 4 is 13.1 Å². The largest absolute Gasteiger partial charge is 0.481 e. The molecule has 0 radical (unpaired) electrons. The summed E-state index contributed by atoms with van der Waals surface area (Å²) in [6.45, 7) is 8.15. The van der Waals surface area contributed by atoms with E-state index in [-0.39, 0.29) is 24.8 Å². The number of benzene rings is 1. The first kappa shape index (κ1) is 19.4. The molecule has 1 aliphatic heterocycles. The minimum Gasteiger partial charge on any atom is -0.481 e. The van der Waals surface area contributed by atoms with E-state index in [1.54, 1.807) is 0 Å². The summed E-state index contributed by atoms with van der Waals surface area (Å²) in [5.74, 6) is 2.51. The molecule has 0 N–H and O–H groups in total. The second-order valence-electron chi connectivity index (χ2n) is 7.07. The Kier molecular flexibility index (Phi) is 5.81. The van der Waals surface area contributed by atoms with E-state index in [2.05, 4.69) is 5.92 Å². The highest BCUT2D eigenvalue weighted by atomic mass is 16.7. The van der Waals surface area contributed by atoms with Crippen LogP contribution in [0.2, 0.25) is 0 Å². The van der Waals surface area contributed by atoms with Gasteiger partial charge in [0.1, 0.15) is 12.4 Å². The van der Waals surface area contributed by atoms with E-state index < -0.39 is 18.3 Å². The highest BCUT2D eigenvalue weighted by molar-refractivity contribution is 6.48. The van der Waals surface area contributed by atoms with Crippen LogP contribution in [0.15, 0.2) is 24.3 Å². The number of hydrogen-bond donors (Lipinski definition) is 0. The zero-order valence-electron chi connectivity index (χ0n) is 15.5. The second-order valence-corrected chi connectivity index (χ2v) is 7.07. The number of terminal acetylenes is 1. The Morgan fingerprint density at radius 2 is 1.76 bits per heavy atom. The monoisotopic (exact) mass is 344 g/mol. The zero-order valence-corrected chi connectivity index (χ0v) is 15.5. The van der Waals surface area contributed by atoms with Crippen LogP contribution < -0.4 is 4.74 Å². The third-order valence-electron chi connectivity index (χ3n) is 4.84. The second kappa shape index (κ2) is 7.51. The summed E-state index contributed by atoms with van der Waals surface area (Å²) in [6, 6.07) is 7.43. The number of carbonyl (C=O) groups is 1. The molecule has 0 bridgehead atoms. The van der Waals surface area contributed by atoms with Crippen molar-refractivity contribution in [3.63, 3.8) is 0 Å². The fourth-order valence-electron chi connectivity index (χ4n) is 2.62. The molecule has 0 saturated carbocycles. The average Bonchev–Trinajstić information content (AvgIpc) is 2.78. The molecule has 0 aromatic heterocycles. The average molecular weight is 344 g/mol. The molecule has 1 heterocycles. The third-order valence-corrected chi connectivity index (χ3v) is 4.84.